The van der Waals surface area contributed by atoms with Crippen LogP contribution in [0.15, 0.2) is 6.07 Å². The molecule has 0 amide bonds. The number of halogens is 2. The smallest absolute Gasteiger partial charge is 0.0992 e. The van der Waals surface area contributed by atoms with Gasteiger partial charge in [0.25, 0.3) is 0 Å². The van der Waals surface area contributed by atoms with E-state index < -0.39 is 0 Å². The second-order valence-corrected chi connectivity index (χ2v) is 6.43. The van der Waals surface area contributed by atoms with Crippen LogP contribution in [0, 0.1) is 5.92 Å². The van der Waals surface area contributed by atoms with Crippen molar-refractivity contribution in [1.29, 1.82) is 0 Å². The topological polar surface area (TPSA) is 21.3 Å². The molecule has 2 rings (SSSR count). The lowest BCUT2D eigenvalue weighted by atomic mass is 9.94. The van der Waals surface area contributed by atoms with Crippen LogP contribution in [0.1, 0.15) is 24.9 Å². The maximum absolute atomic E-state index is 6.18. The Morgan fingerprint density at radius 3 is 2.75 bits per heavy atom. The van der Waals surface area contributed by atoms with Crippen molar-refractivity contribution in [2.75, 3.05) is 13.7 Å². The number of hydrogen-bond acceptors (Lipinski definition) is 3. The second kappa shape index (κ2) is 5.23. The first-order valence-corrected chi connectivity index (χ1v) is 6.94. The van der Waals surface area contributed by atoms with Gasteiger partial charge in [-0.1, -0.05) is 30.1 Å². The van der Waals surface area contributed by atoms with Crippen molar-refractivity contribution >= 4 is 34.5 Å². The van der Waals surface area contributed by atoms with E-state index in [0.717, 1.165) is 27.3 Å². The zero-order valence-corrected chi connectivity index (χ0v) is 11.6. The third-order valence-electron chi connectivity index (χ3n) is 3.10. The summed E-state index contributed by atoms with van der Waals surface area (Å²) in [6.45, 7) is 3.05. The Hall–Kier alpha value is 0.200. The van der Waals surface area contributed by atoms with E-state index in [4.69, 9.17) is 27.9 Å². The van der Waals surface area contributed by atoms with Crippen molar-refractivity contribution in [2.45, 2.75) is 25.5 Å². The van der Waals surface area contributed by atoms with Gasteiger partial charge in [-0.15, -0.1) is 11.3 Å². The normalized spacial score (nSPS) is 27.2. The van der Waals surface area contributed by atoms with Crippen LogP contribution in [-0.2, 0) is 4.74 Å². The Balaban J connectivity index is 2.25. The Bertz CT molecular complexity index is 369. The van der Waals surface area contributed by atoms with Crippen LogP contribution in [0.3, 0.4) is 0 Å². The molecule has 1 aromatic rings. The second-order valence-electron chi connectivity index (χ2n) is 4.15. The SMILES string of the molecule is CNC(c1cc(Cl)sc1Cl)C1OCCC1C. The molecule has 1 aliphatic heterocycles. The highest BCUT2D eigenvalue weighted by atomic mass is 35.5. The minimum Gasteiger partial charge on any atom is -0.376 e. The van der Waals surface area contributed by atoms with Crippen LogP contribution >= 0.6 is 34.5 Å². The van der Waals surface area contributed by atoms with Crippen LogP contribution in [0.25, 0.3) is 0 Å². The molecular formula is C11H15Cl2NOS. The molecule has 1 aromatic heterocycles. The summed E-state index contributed by atoms with van der Waals surface area (Å²) >= 11 is 13.6. The lowest BCUT2D eigenvalue weighted by Gasteiger charge is -2.25. The van der Waals surface area contributed by atoms with Crippen molar-refractivity contribution in [3.05, 3.63) is 20.3 Å². The Kier molecular flexibility index (Phi) is 4.14. The highest BCUT2D eigenvalue weighted by Crippen LogP contribution is 2.39. The van der Waals surface area contributed by atoms with Crippen LogP contribution in [0.2, 0.25) is 8.67 Å². The Morgan fingerprint density at radius 2 is 2.31 bits per heavy atom. The summed E-state index contributed by atoms with van der Waals surface area (Å²) in [7, 11) is 1.93. The molecule has 5 heteroatoms. The number of rotatable bonds is 3. The van der Waals surface area contributed by atoms with Crippen LogP contribution < -0.4 is 5.32 Å². The fraction of sp³-hybridized carbons (Fsp3) is 0.636. The van der Waals surface area contributed by atoms with Crippen LogP contribution in [-0.4, -0.2) is 19.8 Å². The summed E-state index contributed by atoms with van der Waals surface area (Å²) in [6.07, 6.45) is 1.30. The molecule has 0 aromatic carbocycles. The van der Waals surface area contributed by atoms with Gasteiger partial charge in [0.15, 0.2) is 0 Å². The van der Waals surface area contributed by atoms with E-state index >= 15 is 0 Å². The molecule has 0 saturated carbocycles. The molecule has 0 bridgehead atoms. The van der Waals surface area contributed by atoms with Crippen molar-refractivity contribution in [1.82, 2.24) is 5.32 Å². The average Bonchev–Trinajstić information content (AvgIpc) is 2.77. The molecule has 2 heterocycles. The third-order valence-corrected chi connectivity index (χ3v) is 4.62. The molecule has 0 spiro atoms. The van der Waals surface area contributed by atoms with Gasteiger partial charge in [0.1, 0.15) is 0 Å². The molecule has 1 N–H and O–H groups in total. The van der Waals surface area contributed by atoms with Crippen molar-refractivity contribution < 1.29 is 4.74 Å². The lowest BCUT2D eigenvalue weighted by molar-refractivity contribution is 0.0633. The molecule has 1 aliphatic rings. The molecule has 16 heavy (non-hydrogen) atoms. The van der Waals surface area contributed by atoms with Crippen molar-refractivity contribution in [2.24, 2.45) is 5.92 Å². The van der Waals surface area contributed by atoms with E-state index in [0.29, 0.717) is 5.92 Å². The minimum absolute atomic E-state index is 0.133. The Labute approximate surface area is 110 Å². The summed E-state index contributed by atoms with van der Waals surface area (Å²) in [4.78, 5) is 0. The first-order chi connectivity index (χ1) is 7.63. The van der Waals surface area contributed by atoms with E-state index in [1.54, 1.807) is 0 Å². The maximum Gasteiger partial charge on any atom is 0.0992 e. The molecule has 1 fully saturated rings. The number of ether oxygens (including phenoxy) is 1. The molecule has 2 nitrogen and oxygen atoms in total. The summed E-state index contributed by atoms with van der Waals surface area (Å²) in [5, 5.41) is 3.28. The number of thiophene rings is 1. The third kappa shape index (κ3) is 2.39. The Morgan fingerprint density at radius 1 is 1.56 bits per heavy atom. The van der Waals surface area contributed by atoms with Gasteiger partial charge in [-0.25, -0.2) is 0 Å². The van der Waals surface area contributed by atoms with E-state index in [9.17, 15) is 0 Å². The van der Waals surface area contributed by atoms with E-state index in [-0.39, 0.29) is 12.1 Å². The van der Waals surface area contributed by atoms with E-state index in [2.05, 4.69) is 12.2 Å². The fourth-order valence-electron chi connectivity index (χ4n) is 2.21. The highest BCUT2D eigenvalue weighted by molar-refractivity contribution is 7.20. The number of hydrogen-bond donors (Lipinski definition) is 1. The lowest BCUT2D eigenvalue weighted by Crippen LogP contribution is -2.32. The van der Waals surface area contributed by atoms with Crippen LogP contribution in [0.5, 0.6) is 0 Å². The predicted octanol–water partition coefficient (Wildman–Crippen LogP) is 3.74. The summed E-state index contributed by atoms with van der Waals surface area (Å²) in [5.41, 5.74) is 1.05. The molecule has 90 valence electrons. The number of likely N-dealkylation sites (N-methyl/N-ethyl adjacent to an activating group) is 1. The van der Waals surface area contributed by atoms with Gasteiger partial charge < -0.3 is 10.1 Å². The molecule has 3 atom stereocenters. The molecule has 1 saturated heterocycles. The maximum atomic E-state index is 6.18. The summed E-state index contributed by atoms with van der Waals surface area (Å²) in [6, 6.07) is 2.07. The molecule has 3 unspecified atom stereocenters. The molecular weight excluding hydrogens is 265 g/mol. The van der Waals surface area contributed by atoms with Crippen molar-refractivity contribution in [3.63, 3.8) is 0 Å². The number of nitrogens with one attached hydrogen (secondary N) is 1. The van der Waals surface area contributed by atoms with E-state index in [1.807, 2.05) is 13.1 Å². The van der Waals surface area contributed by atoms with Gasteiger partial charge in [-0.2, -0.15) is 0 Å². The zero-order chi connectivity index (χ0) is 11.7. The minimum atomic E-state index is 0.133. The van der Waals surface area contributed by atoms with Crippen molar-refractivity contribution in [3.8, 4) is 0 Å². The summed E-state index contributed by atoms with van der Waals surface area (Å²) in [5.74, 6) is 0.548. The standard InChI is InChI=1S/C11H15Cl2NOS/c1-6-3-4-15-10(6)9(14-2)7-5-8(12)16-11(7)13/h5-6,9-10,14H,3-4H2,1-2H3. The van der Waals surface area contributed by atoms with Gasteiger partial charge in [-0.05, 0) is 25.5 Å². The first kappa shape index (κ1) is 12.7. The highest BCUT2D eigenvalue weighted by Gasteiger charge is 2.33. The van der Waals surface area contributed by atoms with E-state index in [1.165, 1.54) is 11.3 Å². The van der Waals surface area contributed by atoms with Gasteiger partial charge in [0, 0.05) is 12.2 Å². The predicted molar refractivity (Wildman–Crippen MR) is 69.7 cm³/mol. The van der Waals surface area contributed by atoms with Gasteiger partial charge in [0.2, 0.25) is 0 Å². The first-order valence-electron chi connectivity index (χ1n) is 5.37. The fourth-order valence-corrected chi connectivity index (χ4v) is 3.75. The molecule has 0 radical (unpaired) electrons. The van der Waals surface area contributed by atoms with Gasteiger partial charge in [-0.3, -0.25) is 0 Å². The average molecular weight is 280 g/mol. The zero-order valence-electron chi connectivity index (χ0n) is 9.30. The quantitative estimate of drug-likeness (QED) is 0.910. The largest absolute Gasteiger partial charge is 0.376 e. The van der Waals surface area contributed by atoms with Crippen LogP contribution in [0.4, 0.5) is 0 Å². The summed E-state index contributed by atoms with van der Waals surface area (Å²) < 4.78 is 7.26. The van der Waals surface area contributed by atoms with Gasteiger partial charge >= 0.3 is 0 Å². The van der Waals surface area contributed by atoms with Gasteiger partial charge in [0.05, 0.1) is 20.8 Å². The molecule has 0 aliphatic carbocycles. The monoisotopic (exact) mass is 279 g/mol.